The number of hydrogen-bond acceptors (Lipinski definition) is 2. The van der Waals surface area contributed by atoms with Gasteiger partial charge >= 0.3 is 6.09 Å². The van der Waals surface area contributed by atoms with Crippen LogP contribution < -0.4 is 0 Å². The Hall–Kier alpha value is -0.730. The largest absolute Gasteiger partial charge is 0.442 e. The van der Waals surface area contributed by atoms with E-state index in [1.165, 1.54) is 25.7 Å². The molecule has 0 aromatic carbocycles. The standard InChI is InChI=1S/C16H27NO2/c1-12(2)16(11-13-6-7-14(16)10-13)19-15(18)17-8-4-3-5-9-17/h12-14H,3-11H2,1-2H3. The lowest BCUT2D eigenvalue weighted by atomic mass is 9.76. The number of nitrogens with zero attached hydrogens (tertiary/aromatic N) is 1. The molecule has 0 aromatic rings. The Morgan fingerprint density at radius 1 is 1.21 bits per heavy atom. The maximum absolute atomic E-state index is 12.4. The van der Waals surface area contributed by atoms with E-state index >= 15 is 0 Å². The van der Waals surface area contributed by atoms with Crippen LogP contribution in [0.3, 0.4) is 0 Å². The van der Waals surface area contributed by atoms with E-state index in [0.717, 1.165) is 38.3 Å². The minimum atomic E-state index is -0.155. The number of piperidine rings is 1. The number of carbonyl (C=O) groups excluding carboxylic acids is 1. The molecular weight excluding hydrogens is 238 g/mol. The highest BCUT2D eigenvalue weighted by Crippen LogP contribution is 2.55. The molecule has 0 aromatic heterocycles. The van der Waals surface area contributed by atoms with E-state index in [-0.39, 0.29) is 11.7 Å². The van der Waals surface area contributed by atoms with E-state index in [9.17, 15) is 4.79 Å². The van der Waals surface area contributed by atoms with E-state index in [4.69, 9.17) is 4.74 Å². The third kappa shape index (κ3) is 2.25. The summed E-state index contributed by atoms with van der Waals surface area (Å²) in [6, 6.07) is 0. The van der Waals surface area contributed by atoms with Gasteiger partial charge in [0.2, 0.25) is 0 Å². The highest BCUT2D eigenvalue weighted by Gasteiger charge is 2.55. The quantitative estimate of drug-likeness (QED) is 0.759. The van der Waals surface area contributed by atoms with Crippen LogP contribution in [0.15, 0.2) is 0 Å². The van der Waals surface area contributed by atoms with Crippen LogP contribution in [-0.4, -0.2) is 29.7 Å². The molecule has 3 unspecified atom stereocenters. The summed E-state index contributed by atoms with van der Waals surface area (Å²) in [7, 11) is 0. The fourth-order valence-corrected chi connectivity index (χ4v) is 4.58. The monoisotopic (exact) mass is 265 g/mol. The molecule has 2 saturated carbocycles. The summed E-state index contributed by atoms with van der Waals surface area (Å²) in [4.78, 5) is 14.4. The molecule has 3 nitrogen and oxygen atoms in total. The zero-order chi connectivity index (χ0) is 13.5. The molecule has 3 rings (SSSR count). The molecule has 108 valence electrons. The van der Waals surface area contributed by atoms with Crippen LogP contribution in [0, 0.1) is 17.8 Å². The van der Waals surface area contributed by atoms with E-state index in [2.05, 4.69) is 13.8 Å². The normalized spacial score (nSPS) is 37.9. The van der Waals surface area contributed by atoms with Gasteiger partial charge in [-0.25, -0.2) is 4.79 Å². The summed E-state index contributed by atoms with van der Waals surface area (Å²) in [5.41, 5.74) is -0.155. The number of rotatable bonds is 2. The SMILES string of the molecule is CC(C)C1(OC(=O)N2CCCCC2)CC2CCC1C2. The third-order valence-electron chi connectivity index (χ3n) is 5.71. The van der Waals surface area contributed by atoms with Crippen LogP contribution in [0.2, 0.25) is 0 Å². The molecular formula is C16H27NO2. The van der Waals surface area contributed by atoms with Crippen molar-refractivity contribution in [2.75, 3.05) is 13.1 Å². The van der Waals surface area contributed by atoms with Gasteiger partial charge in [-0.15, -0.1) is 0 Å². The van der Waals surface area contributed by atoms with Gasteiger partial charge in [0.25, 0.3) is 0 Å². The minimum absolute atomic E-state index is 0.0408. The highest BCUT2D eigenvalue weighted by atomic mass is 16.6. The Morgan fingerprint density at radius 2 is 1.95 bits per heavy atom. The zero-order valence-electron chi connectivity index (χ0n) is 12.4. The lowest BCUT2D eigenvalue weighted by Gasteiger charge is -2.42. The molecule has 19 heavy (non-hydrogen) atoms. The Balaban J connectivity index is 1.70. The molecule has 3 aliphatic rings. The Morgan fingerprint density at radius 3 is 2.47 bits per heavy atom. The van der Waals surface area contributed by atoms with Gasteiger partial charge in [-0.3, -0.25) is 0 Å². The van der Waals surface area contributed by atoms with Crippen LogP contribution in [0.25, 0.3) is 0 Å². The van der Waals surface area contributed by atoms with E-state index in [0.29, 0.717) is 11.8 Å². The van der Waals surface area contributed by atoms with Gasteiger partial charge in [0.05, 0.1) is 0 Å². The Kier molecular flexibility index (Phi) is 3.48. The van der Waals surface area contributed by atoms with Crippen molar-refractivity contribution in [3.8, 4) is 0 Å². The van der Waals surface area contributed by atoms with Crippen molar-refractivity contribution in [3.63, 3.8) is 0 Å². The third-order valence-corrected chi connectivity index (χ3v) is 5.71. The molecule has 1 amide bonds. The maximum atomic E-state index is 12.4. The molecule has 2 bridgehead atoms. The first-order chi connectivity index (χ1) is 9.12. The molecule has 0 N–H and O–H groups in total. The molecule has 0 spiro atoms. The minimum Gasteiger partial charge on any atom is -0.442 e. The fraction of sp³-hybridized carbons (Fsp3) is 0.938. The number of ether oxygens (including phenoxy) is 1. The Bertz CT molecular complexity index is 349. The first kappa shape index (κ1) is 13.3. The van der Waals surface area contributed by atoms with Crippen LogP contribution in [0.1, 0.15) is 58.8 Å². The topological polar surface area (TPSA) is 29.5 Å². The van der Waals surface area contributed by atoms with Gasteiger partial charge in [0.1, 0.15) is 5.60 Å². The summed E-state index contributed by atoms with van der Waals surface area (Å²) in [6.07, 6.45) is 8.48. The molecule has 2 aliphatic carbocycles. The second kappa shape index (κ2) is 4.99. The smallest absolute Gasteiger partial charge is 0.410 e. The molecule has 1 heterocycles. The predicted octanol–water partition coefficient (Wildman–Crippen LogP) is 3.82. The van der Waals surface area contributed by atoms with Gasteiger partial charge in [0, 0.05) is 13.1 Å². The Labute approximate surface area is 116 Å². The number of amides is 1. The van der Waals surface area contributed by atoms with Crippen molar-refractivity contribution in [1.29, 1.82) is 0 Å². The molecule has 1 saturated heterocycles. The lowest BCUT2D eigenvalue weighted by molar-refractivity contribution is -0.0778. The predicted molar refractivity (Wildman–Crippen MR) is 74.9 cm³/mol. The first-order valence-corrected chi connectivity index (χ1v) is 8.10. The first-order valence-electron chi connectivity index (χ1n) is 8.10. The number of carbonyl (C=O) groups is 1. The molecule has 3 heteroatoms. The van der Waals surface area contributed by atoms with Crippen LogP contribution in [0.5, 0.6) is 0 Å². The van der Waals surface area contributed by atoms with Crippen LogP contribution >= 0.6 is 0 Å². The maximum Gasteiger partial charge on any atom is 0.410 e. The number of fused-ring (bicyclic) bond motifs is 2. The van der Waals surface area contributed by atoms with Crippen molar-refractivity contribution < 1.29 is 9.53 Å². The summed E-state index contributed by atoms with van der Waals surface area (Å²) in [6.45, 7) is 6.23. The molecule has 3 atom stereocenters. The van der Waals surface area contributed by atoms with Crippen molar-refractivity contribution >= 4 is 6.09 Å². The second-order valence-corrected chi connectivity index (χ2v) is 7.11. The zero-order valence-corrected chi connectivity index (χ0v) is 12.4. The summed E-state index contributed by atoms with van der Waals surface area (Å²) in [5.74, 6) is 1.87. The summed E-state index contributed by atoms with van der Waals surface area (Å²) < 4.78 is 6.12. The van der Waals surface area contributed by atoms with Crippen molar-refractivity contribution in [2.24, 2.45) is 17.8 Å². The molecule has 3 fully saturated rings. The van der Waals surface area contributed by atoms with Gasteiger partial charge in [-0.05, 0) is 62.7 Å². The van der Waals surface area contributed by atoms with Gasteiger partial charge in [0.15, 0.2) is 0 Å². The average molecular weight is 265 g/mol. The van der Waals surface area contributed by atoms with Crippen molar-refractivity contribution in [1.82, 2.24) is 4.90 Å². The molecule has 0 radical (unpaired) electrons. The lowest BCUT2D eigenvalue weighted by Crippen LogP contribution is -2.49. The highest BCUT2D eigenvalue weighted by molar-refractivity contribution is 5.68. The van der Waals surface area contributed by atoms with E-state index < -0.39 is 0 Å². The second-order valence-electron chi connectivity index (χ2n) is 7.11. The summed E-state index contributed by atoms with van der Waals surface area (Å²) >= 11 is 0. The number of hydrogen-bond donors (Lipinski definition) is 0. The summed E-state index contributed by atoms with van der Waals surface area (Å²) in [5, 5.41) is 0. The van der Waals surface area contributed by atoms with Crippen molar-refractivity contribution in [3.05, 3.63) is 0 Å². The van der Waals surface area contributed by atoms with Gasteiger partial charge < -0.3 is 9.64 Å². The van der Waals surface area contributed by atoms with Crippen LogP contribution in [0.4, 0.5) is 4.79 Å². The number of likely N-dealkylation sites (tertiary alicyclic amines) is 1. The van der Waals surface area contributed by atoms with Crippen LogP contribution in [-0.2, 0) is 4.74 Å². The van der Waals surface area contributed by atoms with E-state index in [1.807, 2.05) is 4.90 Å². The van der Waals surface area contributed by atoms with Gasteiger partial charge in [-0.2, -0.15) is 0 Å². The average Bonchev–Trinajstić information content (AvgIpc) is 3.00. The van der Waals surface area contributed by atoms with E-state index in [1.54, 1.807) is 0 Å². The molecule has 1 aliphatic heterocycles. The van der Waals surface area contributed by atoms with Gasteiger partial charge in [-0.1, -0.05) is 13.8 Å². The fourth-order valence-electron chi connectivity index (χ4n) is 4.58. The van der Waals surface area contributed by atoms with Crippen molar-refractivity contribution in [2.45, 2.75) is 64.4 Å².